The Labute approximate surface area is 113 Å². The van der Waals surface area contributed by atoms with E-state index in [9.17, 15) is 5.11 Å². The molecule has 0 radical (unpaired) electrons. The average molecular weight is 267 g/mol. The smallest absolute Gasteiger partial charge is 0.103 e. The molecule has 1 aliphatic rings. The molecular weight excluding hydrogens is 246 g/mol. The predicted molar refractivity (Wildman–Crippen MR) is 76.5 cm³/mol. The van der Waals surface area contributed by atoms with Crippen LogP contribution in [0.15, 0.2) is 29.2 Å². The molecule has 1 aromatic rings. The minimum absolute atomic E-state index is 0.133. The minimum Gasteiger partial charge on any atom is -0.388 e. The van der Waals surface area contributed by atoms with Gasteiger partial charge in [-0.15, -0.1) is 11.8 Å². The van der Waals surface area contributed by atoms with Gasteiger partial charge in [-0.2, -0.15) is 0 Å². The summed E-state index contributed by atoms with van der Waals surface area (Å²) in [5.41, 5.74) is 0.406. The number of anilines is 1. The summed E-state index contributed by atoms with van der Waals surface area (Å²) in [6.07, 6.45) is 1.94. The number of hydrogen-bond donors (Lipinski definition) is 1. The number of nitrogens with zero attached hydrogens (tertiary/aromatic N) is 1. The van der Waals surface area contributed by atoms with Gasteiger partial charge in [-0.25, -0.2) is 0 Å². The molecule has 1 saturated heterocycles. The molecule has 4 heteroatoms. The summed E-state index contributed by atoms with van der Waals surface area (Å²) in [6, 6.07) is 8.54. The fourth-order valence-corrected chi connectivity index (χ4v) is 2.51. The van der Waals surface area contributed by atoms with Gasteiger partial charge >= 0.3 is 0 Å². The lowest BCUT2D eigenvalue weighted by atomic mass is 10.00. The van der Waals surface area contributed by atoms with E-state index < -0.39 is 5.60 Å². The molecule has 0 bridgehead atoms. The lowest BCUT2D eigenvalue weighted by molar-refractivity contribution is -0.0927. The predicted octanol–water partition coefficient (Wildman–Crippen LogP) is 2.38. The first-order chi connectivity index (χ1) is 8.50. The lowest BCUT2D eigenvalue weighted by Gasteiger charge is -2.39. The third-order valence-corrected chi connectivity index (χ3v) is 4.04. The van der Waals surface area contributed by atoms with E-state index in [4.69, 9.17) is 4.74 Å². The number of morpholine rings is 1. The molecule has 0 amide bonds. The molecule has 0 saturated carbocycles. The first kappa shape index (κ1) is 13.7. The van der Waals surface area contributed by atoms with Crippen LogP contribution < -0.4 is 4.90 Å². The van der Waals surface area contributed by atoms with Gasteiger partial charge in [0.2, 0.25) is 0 Å². The van der Waals surface area contributed by atoms with Crippen molar-refractivity contribution in [1.82, 2.24) is 0 Å². The Bertz CT molecular complexity index is 386. The van der Waals surface area contributed by atoms with Crippen LogP contribution in [-0.4, -0.2) is 42.8 Å². The maximum absolute atomic E-state index is 10.0. The molecule has 1 heterocycles. The second kappa shape index (κ2) is 5.51. The molecule has 3 nitrogen and oxygen atoms in total. The third kappa shape index (κ3) is 3.19. The second-order valence-corrected chi connectivity index (χ2v) is 6.04. The zero-order valence-corrected chi connectivity index (χ0v) is 12.0. The Kier molecular flexibility index (Phi) is 4.20. The summed E-state index contributed by atoms with van der Waals surface area (Å²) in [5, 5.41) is 10.0. The summed E-state index contributed by atoms with van der Waals surface area (Å²) in [6.45, 7) is 5.89. The van der Waals surface area contributed by atoms with Crippen molar-refractivity contribution in [2.24, 2.45) is 0 Å². The quantitative estimate of drug-likeness (QED) is 0.852. The number of aliphatic hydroxyl groups is 1. The van der Waals surface area contributed by atoms with Crippen LogP contribution in [0, 0.1) is 0 Å². The topological polar surface area (TPSA) is 32.7 Å². The Hall–Kier alpha value is -0.710. The van der Waals surface area contributed by atoms with E-state index in [1.807, 2.05) is 0 Å². The van der Waals surface area contributed by atoms with Gasteiger partial charge in [-0.05, 0) is 44.4 Å². The molecule has 1 fully saturated rings. The molecule has 1 N–H and O–H groups in total. The SMILES string of the molecule is CSc1ccc(N2CCO[C@H](C(C)(C)O)C2)cc1. The van der Waals surface area contributed by atoms with Crippen LogP contribution in [0.4, 0.5) is 5.69 Å². The molecular formula is C14H21NO2S. The zero-order valence-electron chi connectivity index (χ0n) is 11.2. The Morgan fingerprint density at radius 2 is 2.00 bits per heavy atom. The van der Waals surface area contributed by atoms with Gasteiger partial charge < -0.3 is 14.7 Å². The van der Waals surface area contributed by atoms with Crippen molar-refractivity contribution in [3.05, 3.63) is 24.3 Å². The normalized spacial score (nSPS) is 21.1. The highest BCUT2D eigenvalue weighted by Gasteiger charge is 2.32. The monoisotopic (exact) mass is 267 g/mol. The van der Waals surface area contributed by atoms with Crippen LogP contribution in [0.1, 0.15) is 13.8 Å². The molecule has 0 unspecified atom stereocenters. The summed E-state index contributed by atoms with van der Waals surface area (Å²) in [5.74, 6) is 0. The fourth-order valence-electron chi connectivity index (χ4n) is 2.10. The second-order valence-electron chi connectivity index (χ2n) is 5.16. The van der Waals surface area contributed by atoms with Gasteiger partial charge in [-0.1, -0.05) is 0 Å². The summed E-state index contributed by atoms with van der Waals surface area (Å²) in [7, 11) is 0. The Balaban J connectivity index is 2.08. The van der Waals surface area contributed by atoms with E-state index in [-0.39, 0.29) is 6.10 Å². The van der Waals surface area contributed by atoms with Gasteiger partial charge in [0.05, 0.1) is 12.2 Å². The molecule has 2 rings (SSSR count). The van der Waals surface area contributed by atoms with Crippen LogP contribution in [-0.2, 0) is 4.74 Å². The van der Waals surface area contributed by atoms with Crippen LogP contribution in [0.2, 0.25) is 0 Å². The zero-order chi connectivity index (χ0) is 13.2. The van der Waals surface area contributed by atoms with E-state index in [1.165, 1.54) is 10.6 Å². The van der Waals surface area contributed by atoms with Crippen molar-refractivity contribution in [3.8, 4) is 0 Å². The number of hydrogen-bond acceptors (Lipinski definition) is 4. The first-order valence-electron chi connectivity index (χ1n) is 6.23. The number of thioether (sulfide) groups is 1. The van der Waals surface area contributed by atoms with E-state index in [1.54, 1.807) is 25.6 Å². The van der Waals surface area contributed by atoms with E-state index >= 15 is 0 Å². The molecule has 1 atom stereocenters. The Morgan fingerprint density at radius 3 is 2.56 bits per heavy atom. The van der Waals surface area contributed by atoms with Crippen LogP contribution in [0.25, 0.3) is 0 Å². The van der Waals surface area contributed by atoms with Crippen molar-refractivity contribution in [3.63, 3.8) is 0 Å². The molecule has 18 heavy (non-hydrogen) atoms. The summed E-state index contributed by atoms with van der Waals surface area (Å²) < 4.78 is 5.64. The van der Waals surface area contributed by atoms with Crippen LogP contribution in [0.3, 0.4) is 0 Å². The highest BCUT2D eigenvalue weighted by atomic mass is 32.2. The largest absolute Gasteiger partial charge is 0.388 e. The maximum atomic E-state index is 10.0. The molecule has 1 aliphatic heterocycles. The molecule has 0 spiro atoms. The fraction of sp³-hybridized carbons (Fsp3) is 0.571. The molecule has 0 aliphatic carbocycles. The Morgan fingerprint density at radius 1 is 1.33 bits per heavy atom. The van der Waals surface area contributed by atoms with E-state index in [0.717, 1.165) is 13.1 Å². The van der Waals surface area contributed by atoms with Crippen molar-refractivity contribution >= 4 is 17.4 Å². The highest BCUT2D eigenvalue weighted by molar-refractivity contribution is 7.98. The standard InChI is InChI=1S/C14H21NO2S/c1-14(2,16)13-10-15(8-9-17-13)11-4-6-12(18-3)7-5-11/h4-7,13,16H,8-10H2,1-3H3/t13-/m0/s1. The van der Waals surface area contributed by atoms with Crippen LogP contribution in [0.5, 0.6) is 0 Å². The van der Waals surface area contributed by atoms with Gasteiger partial charge in [0.1, 0.15) is 6.10 Å². The van der Waals surface area contributed by atoms with Crippen molar-refractivity contribution in [1.29, 1.82) is 0 Å². The first-order valence-corrected chi connectivity index (χ1v) is 7.46. The van der Waals surface area contributed by atoms with E-state index in [0.29, 0.717) is 6.61 Å². The maximum Gasteiger partial charge on any atom is 0.103 e. The summed E-state index contributed by atoms with van der Waals surface area (Å²) in [4.78, 5) is 3.54. The minimum atomic E-state index is -0.794. The molecule has 1 aromatic carbocycles. The van der Waals surface area contributed by atoms with Crippen molar-refractivity contribution in [2.75, 3.05) is 30.9 Å². The summed E-state index contributed by atoms with van der Waals surface area (Å²) >= 11 is 1.75. The van der Waals surface area contributed by atoms with Crippen LogP contribution >= 0.6 is 11.8 Å². The van der Waals surface area contributed by atoms with Gasteiger partial charge in [-0.3, -0.25) is 0 Å². The molecule has 0 aromatic heterocycles. The number of benzene rings is 1. The van der Waals surface area contributed by atoms with Gasteiger partial charge in [0.15, 0.2) is 0 Å². The van der Waals surface area contributed by atoms with Gasteiger partial charge in [0, 0.05) is 23.7 Å². The third-order valence-electron chi connectivity index (χ3n) is 3.29. The lowest BCUT2D eigenvalue weighted by Crippen LogP contribution is -2.52. The van der Waals surface area contributed by atoms with Gasteiger partial charge in [0.25, 0.3) is 0 Å². The number of ether oxygens (including phenoxy) is 1. The number of rotatable bonds is 3. The van der Waals surface area contributed by atoms with E-state index in [2.05, 4.69) is 35.4 Å². The highest BCUT2D eigenvalue weighted by Crippen LogP contribution is 2.24. The molecule has 100 valence electrons. The van der Waals surface area contributed by atoms with Crippen molar-refractivity contribution < 1.29 is 9.84 Å². The average Bonchev–Trinajstić information content (AvgIpc) is 2.38. The van der Waals surface area contributed by atoms with Crippen molar-refractivity contribution in [2.45, 2.75) is 30.4 Å².